The minimum atomic E-state index is -0.445. The molecule has 2 aromatic rings. The Kier molecular flexibility index (Phi) is 5.44. The molecule has 2 heterocycles. The summed E-state index contributed by atoms with van der Waals surface area (Å²) < 4.78 is 10.8. The molecule has 0 bridgehead atoms. The van der Waals surface area contributed by atoms with Crippen LogP contribution < -0.4 is 9.47 Å². The first-order valence-corrected chi connectivity index (χ1v) is 9.41. The van der Waals surface area contributed by atoms with Gasteiger partial charge in [0.05, 0.1) is 10.5 Å². The van der Waals surface area contributed by atoms with Gasteiger partial charge in [0.15, 0.2) is 11.5 Å². The summed E-state index contributed by atoms with van der Waals surface area (Å²) in [5, 5.41) is 11.1. The quantitative estimate of drug-likeness (QED) is 0.440. The minimum absolute atomic E-state index is 0.00917. The SMILES string of the molecule is O=C(/C=C/c1ccccc1[N+](=O)[O-])N1CCN(Cc2ccc3c(c2)OCO3)CC1. The lowest BCUT2D eigenvalue weighted by atomic mass is 10.1. The van der Waals surface area contributed by atoms with Gasteiger partial charge in [-0.25, -0.2) is 0 Å². The van der Waals surface area contributed by atoms with Gasteiger partial charge < -0.3 is 14.4 Å². The molecular weight excluding hydrogens is 374 g/mol. The fourth-order valence-electron chi connectivity index (χ4n) is 3.49. The van der Waals surface area contributed by atoms with Crippen LogP contribution in [-0.2, 0) is 11.3 Å². The first kappa shape index (κ1) is 18.9. The molecule has 0 atom stereocenters. The highest BCUT2D eigenvalue weighted by Gasteiger charge is 2.21. The van der Waals surface area contributed by atoms with Crippen LogP contribution in [0.25, 0.3) is 6.08 Å². The second kappa shape index (κ2) is 8.32. The van der Waals surface area contributed by atoms with E-state index < -0.39 is 4.92 Å². The van der Waals surface area contributed by atoms with Gasteiger partial charge >= 0.3 is 0 Å². The molecule has 1 saturated heterocycles. The molecule has 1 fully saturated rings. The summed E-state index contributed by atoms with van der Waals surface area (Å²) in [6.45, 7) is 3.80. The number of hydrogen-bond acceptors (Lipinski definition) is 6. The molecule has 4 rings (SSSR count). The molecule has 8 nitrogen and oxygen atoms in total. The summed E-state index contributed by atoms with van der Waals surface area (Å²) in [6.07, 6.45) is 2.93. The van der Waals surface area contributed by atoms with E-state index in [0.29, 0.717) is 18.7 Å². The monoisotopic (exact) mass is 395 g/mol. The molecule has 0 aliphatic carbocycles. The number of amides is 1. The number of ether oxygens (including phenoxy) is 2. The van der Waals surface area contributed by atoms with Gasteiger partial charge in [-0.1, -0.05) is 18.2 Å². The fourth-order valence-corrected chi connectivity index (χ4v) is 3.49. The van der Waals surface area contributed by atoms with Crippen molar-refractivity contribution in [2.24, 2.45) is 0 Å². The summed E-state index contributed by atoms with van der Waals surface area (Å²) in [5.41, 5.74) is 1.56. The molecule has 0 radical (unpaired) electrons. The topological polar surface area (TPSA) is 85.2 Å². The predicted octanol–water partition coefficient (Wildman–Crippen LogP) is 2.68. The average Bonchev–Trinajstić information content (AvgIpc) is 3.20. The second-order valence-corrected chi connectivity index (χ2v) is 6.94. The lowest BCUT2D eigenvalue weighted by molar-refractivity contribution is -0.385. The number of carbonyl (C=O) groups excluding carboxylic acids is 1. The number of piperazine rings is 1. The van der Waals surface area contributed by atoms with Gasteiger partial charge in [0.2, 0.25) is 12.7 Å². The number of nitro groups is 1. The van der Waals surface area contributed by atoms with Crippen LogP contribution in [0.5, 0.6) is 11.5 Å². The van der Waals surface area contributed by atoms with Gasteiger partial charge in [0.25, 0.3) is 5.69 Å². The van der Waals surface area contributed by atoms with E-state index in [2.05, 4.69) is 4.90 Å². The van der Waals surface area contributed by atoms with E-state index in [0.717, 1.165) is 36.7 Å². The fraction of sp³-hybridized carbons (Fsp3) is 0.286. The van der Waals surface area contributed by atoms with E-state index in [4.69, 9.17) is 9.47 Å². The van der Waals surface area contributed by atoms with Gasteiger partial charge in [-0.15, -0.1) is 0 Å². The Labute approximate surface area is 168 Å². The van der Waals surface area contributed by atoms with Crippen molar-refractivity contribution in [2.45, 2.75) is 6.54 Å². The van der Waals surface area contributed by atoms with Crippen LogP contribution in [0.3, 0.4) is 0 Å². The summed E-state index contributed by atoms with van der Waals surface area (Å²) in [5.74, 6) is 1.41. The zero-order valence-corrected chi connectivity index (χ0v) is 15.8. The molecule has 2 aliphatic heterocycles. The third kappa shape index (κ3) is 4.38. The first-order valence-electron chi connectivity index (χ1n) is 9.41. The number of para-hydroxylation sites is 1. The molecule has 150 valence electrons. The van der Waals surface area contributed by atoms with Crippen LogP contribution in [0, 0.1) is 10.1 Å². The Hall–Kier alpha value is -3.39. The van der Waals surface area contributed by atoms with Crippen LogP contribution in [0.2, 0.25) is 0 Å². The maximum atomic E-state index is 12.5. The van der Waals surface area contributed by atoms with E-state index in [9.17, 15) is 14.9 Å². The Morgan fingerprint density at radius 2 is 1.83 bits per heavy atom. The first-order chi connectivity index (χ1) is 14.1. The van der Waals surface area contributed by atoms with E-state index in [1.807, 2.05) is 18.2 Å². The van der Waals surface area contributed by atoms with Gasteiger partial charge in [-0.2, -0.15) is 0 Å². The number of rotatable bonds is 5. The molecule has 8 heteroatoms. The van der Waals surface area contributed by atoms with E-state index >= 15 is 0 Å². The summed E-state index contributed by atoms with van der Waals surface area (Å²) >= 11 is 0. The maximum Gasteiger partial charge on any atom is 0.276 e. The Morgan fingerprint density at radius 1 is 1.07 bits per heavy atom. The largest absolute Gasteiger partial charge is 0.454 e. The van der Waals surface area contributed by atoms with Crippen molar-refractivity contribution in [3.63, 3.8) is 0 Å². The molecule has 1 amide bonds. The van der Waals surface area contributed by atoms with E-state index in [-0.39, 0.29) is 18.4 Å². The highest BCUT2D eigenvalue weighted by molar-refractivity contribution is 5.92. The number of fused-ring (bicyclic) bond motifs is 1. The van der Waals surface area contributed by atoms with Crippen molar-refractivity contribution in [1.29, 1.82) is 0 Å². The molecule has 0 N–H and O–H groups in total. The summed E-state index contributed by atoms with van der Waals surface area (Å²) in [7, 11) is 0. The molecule has 0 spiro atoms. The molecule has 29 heavy (non-hydrogen) atoms. The Balaban J connectivity index is 1.31. The number of benzene rings is 2. The van der Waals surface area contributed by atoms with Crippen LogP contribution in [0.4, 0.5) is 5.69 Å². The van der Waals surface area contributed by atoms with Crippen molar-refractivity contribution >= 4 is 17.7 Å². The zero-order valence-electron chi connectivity index (χ0n) is 15.8. The van der Waals surface area contributed by atoms with Crippen molar-refractivity contribution in [1.82, 2.24) is 9.80 Å². The lowest BCUT2D eigenvalue weighted by Gasteiger charge is -2.34. The molecule has 0 unspecified atom stereocenters. The molecule has 0 aromatic heterocycles. The Bertz CT molecular complexity index is 951. The second-order valence-electron chi connectivity index (χ2n) is 6.94. The Morgan fingerprint density at radius 3 is 2.62 bits per heavy atom. The van der Waals surface area contributed by atoms with E-state index in [1.165, 1.54) is 18.2 Å². The summed E-state index contributed by atoms with van der Waals surface area (Å²) in [6, 6.07) is 12.3. The smallest absolute Gasteiger partial charge is 0.276 e. The van der Waals surface area contributed by atoms with Crippen molar-refractivity contribution < 1.29 is 19.2 Å². The van der Waals surface area contributed by atoms with Crippen LogP contribution in [0.15, 0.2) is 48.5 Å². The van der Waals surface area contributed by atoms with Gasteiger partial charge in [-0.05, 0) is 29.8 Å². The molecular formula is C21H21N3O5. The van der Waals surface area contributed by atoms with Crippen LogP contribution in [-0.4, -0.2) is 53.6 Å². The number of carbonyl (C=O) groups is 1. The van der Waals surface area contributed by atoms with Gasteiger partial charge in [0, 0.05) is 44.9 Å². The third-order valence-corrected chi connectivity index (χ3v) is 5.07. The predicted molar refractivity (Wildman–Crippen MR) is 107 cm³/mol. The van der Waals surface area contributed by atoms with Gasteiger partial charge in [-0.3, -0.25) is 19.8 Å². The normalized spacial score (nSPS) is 16.3. The molecule has 2 aliphatic rings. The van der Waals surface area contributed by atoms with Crippen molar-refractivity contribution in [2.75, 3.05) is 33.0 Å². The standard InChI is InChI=1S/C21H21N3O5/c25-21(8-6-17-3-1-2-4-18(17)24(26)27)23-11-9-22(10-12-23)14-16-5-7-19-20(13-16)29-15-28-19/h1-8,13H,9-12,14-15H2/b8-6+. The number of nitro benzene ring substituents is 1. The molecule has 2 aromatic carbocycles. The van der Waals surface area contributed by atoms with Crippen LogP contribution >= 0.6 is 0 Å². The van der Waals surface area contributed by atoms with Crippen molar-refractivity contribution in [3.8, 4) is 11.5 Å². The molecule has 0 saturated carbocycles. The van der Waals surface area contributed by atoms with Crippen molar-refractivity contribution in [3.05, 3.63) is 69.8 Å². The number of hydrogen-bond donors (Lipinski definition) is 0. The van der Waals surface area contributed by atoms with E-state index in [1.54, 1.807) is 23.1 Å². The third-order valence-electron chi connectivity index (χ3n) is 5.07. The number of nitrogens with zero attached hydrogens (tertiary/aromatic N) is 3. The minimum Gasteiger partial charge on any atom is -0.454 e. The highest BCUT2D eigenvalue weighted by Crippen LogP contribution is 2.32. The summed E-state index contributed by atoms with van der Waals surface area (Å²) in [4.78, 5) is 27.1. The lowest BCUT2D eigenvalue weighted by Crippen LogP contribution is -2.47. The van der Waals surface area contributed by atoms with Gasteiger partial charge in [0.1, 0.15) is 0 Å². The average molecular weight is 395 g/mol. The highest BCUT2D eigenvalue weighted by atomic mass is 16.7. The van der Waals surface area contributed by atoms with Crippen LogP contribution in [0.1, 0.15) is 11.1 Å². The zero-order chi connectivity index (χ0) is 20.2. The maximum absolute atomic E-state index is 12.5.